The Morgan fingerprint density at radius 2 is 1.96 bits per heavy atom. The molecule has 3 heteroatoms. The van der Waals surface area contributed by atoms with Crippen LogP contribution in [-0.4, -0.2) is 6.54 Å². The molecule has 2 rings (SSSR count). The normalized spacial score (nSPS) is 23.1. The first-order valence-electron chi connectivity index (χ1n) is 9.57. The van der Waals surface area contributed by atoms with Crippen LogP contribution >= 0.6 is 15.9 Å². The molecule has 2 N–H and O–H groups in total. The van der Waals surface area contributed by atoms with Gasteiger partial charge in [-0.3, -0.25) is 0 Å². The molecule has 0 aromatic heterocycles. The van der Waals surface area contributed by atoms with Crippen LogP contribution in [0, 0.1) is 6.92 Å². The molecule has 0 atom stereocenters. The van der Waals surface area contributed by atoms with Crippen molar-refractivity contribution in [3.05, 3.63) is 81.1 Å². The lowest BCUT2D eigenvalue weighted by molar-refractivity contribution is 0.872. The van der Waals surface area contributed by atoms with Gasteiger partial charge in [0.25, 0.3) is 0 Å². The molecule has 27 heavy (non-hydrogen) atoms. The van der Waals surface area contributed by atoms with Gasteiger partial charge < -0.3 is 10.6 Å². The molecule has 1 heterocycles. The van der Waals surface area contributed by atoms with Gasteiger partial charge in [-0.1, -0.05) is 47.5 Å². The molecule has 1 aromatic rings. The molecule has 0 bridgehead atoms. The van der Waals surface area contributed by atoms with Crippen LogP contribution in [0.2, 0.25) is 0 Å². The SMILES string of the molecule is C=C1NC/C(C)=C(CCC)/C=C(/C)N/C=C/C(=C/C)c2c(C)cc(Br)cc21. The standard InChI is InChI=1S/C24H31BrN2/c1-7-9-21-13-18(5)26-11-10-20(8-2)24-16(3)12-22(25)14-23(24)19(6)27-15-17(21)4/h8,10-14,26-27H,6-7,9,15H2,1-5H3/b11-10+,18-13-,20-8-,21-17+. The fraction of sp³-hybridized carbons (Fsp3) is 0.333. The van der Waals surface area contributed by atoms with E-state index in [9.17, 15) is 0 Å². The lowest BCUT2D eigenvalue weighted by Gasteiger charge is -2.18. The highest BCUT2D eigenvalue weighted by Gasteiger charge is 2.14. The summed E-state index contributed by atoms with van der Waals surface area (Å²) in [7, 11) is 0. The molecule has 1 aliphatic rings. The Balaban J connectivity index is 2.60. The predicted octanol–water partition coefficient (Wildman–Crippen LogP) is 6.86. The van der Waals surface area contributed by atoms with Crippen LogP contribution in [-0.2, 0) is 0 Å². The highest BCUT2D eigenvalue weighted by molar-refractivity contribution is 9.10. The maximum atomic E-state index is 4.34. The summed E-state index contributed by atoms with van der Waals surface area (Å²) in [5.74, 6) is 0. The van der Waals surface area contributed by atoms with E-state index in [0.29, 0.717) is 0 Å². The fourth-order valence-electron chi connectivity index (χ4n) is 3.38. The minimum absolute atomic E-state index is 0.793. The lowest BCUT2D eigenvalue weighted by atomic mass is 9.93. The van der Waals surface area contributed by atoms with Crippen molar-refractivity contribution in [1.82, 2.24) is 10.6 Å². The summed E-state index contributed by atoms with van der Waals surface area (Å²) in [5, 5.41) is 6.98. The van der Waals surface area contributed by atoms with Crippen molar-refractivity contribution in [2.75, 3.05) is 6.54 Å². The summed E-state index contributed by atoms with van der Waals surface area (Å²) >= 11 is 3.64. The Labute approximate surface area is 173 Å². The first-order valence-corrected chi connectivity index (χ1v) is 10.4. The van der Waals surface area contributed by atoms with Crippen molar-refractivity contribution < 1.29 is 0 Å². The van der Waals surface area contributed by atoms with Crippen LogP contribution in [0.4, 0.5) is 0 Å². The van der Waals surface area contributed by atoms with Gasteiger partial charge in [0.15, 0.2) is 0 Å². The number of allylic oxidation sites excluding steroid dienone is 6. The van der Waals surface area contributed by atoms with Crippen molar-refractivity contribution >= 4 is 27.2 Å². The van der Waals surface area contributed by atoms with Crippen LogP contribution < -0.4 is 10.6 Å². The van der Waals surface area contributed by atoms with Crippen LogP contribution in [0.15, 0.2) is 64.5 Å². The number of fused-ring (bicyclic) bond motifs is 1. The smallest absolute Gasteiger partial charge is 0.0363 e. The van der Waals surface area contributed by atoms with Crippen LogP contribution in [0.5, 0.6) is 0 Å². The Kier molecular flexibility index (Phi) is 7.73. The Morgan fingerprint density at radius 1 is 1.22 bits per heavy atom. The summed E-state index contributed by atoms with van der Waals surface area (Å²) in [6.45, 7) is 15.9. The third-order valence-electron chi connectivity index (χ3n) is 4.82. The molecule has 0 aliphatic carbocycles. The molecule has 0 spiro atoms. The zero-order valence-electron chi connectivity index (χ0n) is 17.2. The third-order valence-corrected chi connectivity index (χ3v) is 5.28. The predicted molar refractivity (Wildman–Crippen MR) is 123 cm³/mol. The minimum atomic E-state index is 0.793. The molecule has 0 radical (unpaired) electrons. The summed E-state index contributed by atoms with van der Waals surface area (Å²) < 4.78 is 1.07. The number of rotatable bonds is 2. The number of hydrogen-bond acceptors (Lipinski definition) is 2. The quantitative estimate of drug-likeness (QED) is 0.539. The largest absolute Gasteiger partial charge is 0.381 e. The maximum Gasteiger partial charge on any atom is 0.0363 e. The van der Waals surface area contributed by atoms with Crippen molar-refractivity contribution in [1.29, 1.82) is 0 Å². The Morgan fingerprint density at radius 3 is 2.63 bits per heavy atom. The number of hydrogen-bond donors (Lipinski definition) is 2. The van der Waals surface area contributed by atoms with Crippen LogP contribution in [0.1, 0.15) is 57.2 Å². The molecule has 0 fully saturated rings. The van der Waals surface area contributed by atoms with Crippen molar-refractivity contribution in [3.8, 4) is 0 Å². The summed E-state index contributed by atoms with van der Waals surface area (Å²) in [6, 6.07) is 4.31. The molecule has 0 unspecified atom stereocenters. The molecule has 0 saturated heterocycles. The van der Waals surface area contributed by atoms with E-state index < -0.39 is 0 Å². The molecule has 1 aliphatic heterocycles. The zero-order valence-corrected chi connectivity index (χ0v) is 18.8. The second-order valence-corrected chi connectivity index (χ2v) is 8.00. The summed E-state index contributed by atoms with van der Waals surface area (Å²) in [5.41, 5.74) is 9.58. The summed E-state index contributed by atoms with van der Waals surface area (Å²) in [6.07, 6.45) is 10.8. The number of benzene rings is 1. The van der Waals surface area contributed by atoms with E-state index in [1.807, 2.05) is 6.20 Å². The van der Waals surface area contributed by atoms with Gasteiger partial charge in [-0.2, -0.15) is 0 Å². The first kappa shape index (κ1) is 21.3. The second kappa shape index (κ2) is 9.80. The topological polar surface area (TPSA) is 24.1 Å². The van der Waals surface area contributed by atoms with Gasteiger partial charge in [0.1, 0.15) is 0 Å². The van der Waals surface area contributed by atoms with Gasteiger partial charge in [-0.25, -0.2) is 0 Å². The Bertz CT molecular complexity index is 838. The van der Waals surface area contributed by atoms with Gasteiger partial charge in [-0.15, -0.1) is 0 Å². The average Bonchev–Trinajstić information content (AvgIpc) is 2.62. The van der Waals surface area contributed by atoms with E-state index in [1.54, 1.807) is 0 Å². The number of nitrogens with one attached hydrogen (secondary N) is 2. The van der Waals surface area contributed by atoms with Crippen molar-refractivity contribution in [2.45, 2.75) is 47.5 Å². The lowest BCUT2D eigenvalue weighted by Crippen LogP contribution is -2.16. The fourth-order valence-corrected chi connectivity index (χ4v) is 3.95. The molecular formula is C24H31BrN2. The molecular weight excluding hydrogens is 396 g/mol. The van der Waals surface area contributed by atoms with E-state index in [2.05, 4.69) is 98.1 Å². The highest BCUT2D eigenvalue weighted by atomic mass is 79.9. The number of halogens is 1. The monoisotopic (exact) mass is 426 g/mol. The van der Waals surface area contributed by atoms with E-state index in [1.165, 1.54) is 27.8 Å². The molecule has 0 saturated carbocycles. The van der Waals surface area contributed by atoms with Crippen molar-refractivity contribution in [2.24, 2.45) is 0 Å². The van der Waals surface area contributed by atoms with Crippen LogP contribution in [0.25, 0.3) is 11.3 Å². The van der Waals surface area contributed by atoms with Crippen LogP contribution in [0.3, 0.4) is 0 Å². The zero-order chi connectivity index (χ0) is 20.0. The third kappa shape index (κ3) is 5.49. The molecule has 2 nitrogen and oxygen atoms in total. The van der Waals surface area contributed by atoms with Gasteiger partial charge in [0.05, 0.1) is 0 Å². The number of aryl methyl sites for hydroxylation is 1. The minimum Gasteiger partial charge on any atom is -0.381 e. The van der Waals surface area contributed by atoms with E-state index >= 15 is 0 Å². The Hall–Kier alpha value is -2.00. The molecule has 144 valence electrons. The van der Waals surface area contributed by atoms with E-state index in [0.717, 1.165) is 40.8 Å². The van der Waals surface area contributed by atoms with Crippen molar-refractivity contribution in [3.63, 3.8) is 0 Å². The van der Waals surface area contributed by atoms with Gasteiger partial charge in [0, 0.05) is 34.2 Å². The van der Waals surface area contributed by atoms with E-state index in [4.69, 9.17) is 0 Å². The molecule has 1 aromatic carbocycles. The second-order valence-electron chi connectivity index (χ2n) is 7.08. The summed E-state index contributed by atoms with van der Waals surface area (Å²) in [4.78, 5) is 0. The highest BCUT2D eigenvalue weighted by Crippen LogP contribution is 2.31. The van der Waals surface area contributed by atoms with Gasteiger partial charge in [0.2, 0.25) is 0 Å². The maximum absolute atomic E-state index is 4.34. The van der Waals surface area contributed by atoms with Gasteiger partial charge >= 0.3 is 0 Å². The first-order chi connectivity index (χ1) is 12.9. The average molecular weight is 427 g/mol. The van der Waals surface area contributed by atoms with Gasteiger partial charge in [-0.05, 0) is 80.7 Å². The molecule has 0 amide bonds. The van der Waals surface area contributed by atoms with E-state index in [-0.39, 0.29) is 0 Å².